The SMILES string of the molecule is COc1ccc(C=N[C@H]2C=C(CO)[C@@H](O)C(O)[C@H]2O)cc1. The summed E-state index contributed by atoms with van der Waals surface area (Å²) in [5.74, 6) is 0.728. The van der Waals surface area contributed by atoms with Crippen LogP contribution < -0.4 is 4.74 Å². The number of aliphatic hydroxyl groups is 4. The Morgan fingerprint density at radius 1 is 1.14 bits per heavy atom. The van der Waals surface area contributed by atoms with Gasteiger partial charge < -0.3 is 25.2 Å². The van der Waals surface area contributed by atoms with Crippen LogP contribution in [-0.2, 0) is 0 Å². The van der Waals surface area contributed by atoms with E-state index in [9.17, 15) is 15.3 Å². The number of rotatable bonds is 4. The van der Waals surface area contributed by atoms with Crippen LogP contribution >= 0.6 is 0 Å². The Labute approximate surface area is 122 Å². The summed E-state index contributed by atoms with van der Waals surface area (Å²) < 4.78 is 5.05. The maximum absolute atomic E-state index is 9.91. The predicted molar refractivity (Wildman–Crippen MR) is 77.6 cm³/mol. The highest BCUT2D eigenvalue weighted by atomic mass is 16.5. The molecule has 0 amide bonds. The van der Waals surface area contributed by atoms with Crippen molar-refractivity contribution in [2.45, 2.75) is 24.4 Å². The van der Waals surface area contributed by atoms with E-state index in [1.54, 1.807) is 37.6 Å². The molecule has 1 aliphatic carbocycles. The molecule has 0 saturated carbocycles. The highest BCUT2D eigenvalue weighted by Crippen LogP contribution is 2.22. The van der Waals surface area contributed by atoms with Crippen LogP contribution in [0.2, 0.25) is 0 Å². The van der Waals surface area contributed by atoms with Crippen LogP contribution in [0.25, 0.3) is 0 Å². The van der Waals surface area contributed by atoms with Crippen LogP contribution in [0.5, 0.6) is 5.75 Å². The molecule has 4 atom stereocenters. The van der Waals surface area contributed by atoms with E-state index in [0.717, 1.165) is 11.3 Å². The number of methoxy groups -OCH3 is 1. The second-order valence-electron chi connectivity index (χ2n) is 4.87. The lowest BCUT2D eigenvalue weighted by Gasteiger charge is -2.32. The molecule has 6 nitrogen and oxygen atoms in total. The van der Waals surface area contributed by atoms with Crippen LogP contribution in [0.4, 0.5) is 0 Å². The minimum atomic E-state index is -1.37. The third kappa shape index (κ3) is 3.48. The van der Waals surface area contributed by atoms with E-state index in [1.807, 2.05) is 0 Å². The number of nitrogens with zero attached hydrogens (tertiary/aromatic N) is 1. The van der Waals surface area contributed by atoms with Crippen LogP contribution in [0.3, 0.4) is 0 Å². The molecule has 0 fully saturated rings. The lowest BCUT2D eigenvalue weighted by molar-refractivity contribution is -0.0592. The van der Waals surface area contributed by atoms with Gasteiger partial charge in [0.2, 0.25) is 0 Å². The standard InChI is InChI=1S/C15H19NO5/c1-21-11-4-2-9(3-5-11)7-16-12-6-10(8-17)13(18)15(20)14(12)19/h2-7,12-15,17-20H,8H2,1H3/t12-,13+,14-,15?/m0/s1. The fourth-order valence-corrected chi connectivity index (χ4v) is 2.16. The molecule has 1 unspecified atom stereocenters. The van der Waals surface area contributed by atoms with Gasteiger partial charge in [-0.3, -0.25) is 4.99 Å². The number of aliphatic hydroxyl groups excluding tert-OH is 4. The van der Waals surface area contributed by atoms with Gasteiger partial charge in [0.1, 0.15) is 24.1 Å². The summed E-state index contributed by atoms with van der Waals surface area (Å²) in [6.07, 6.45) is -0.817. The average molecular weight is 293 g/mol. The van der Waals surface area contributed by atoms with Crippen molar-refractivity contribution < 1.29 is 25.2 Å². The van der Waals surface area contributed by atoms with Crippen LogP contribution in [0.1, 0.15) is 5.56 Å². The number of ether oxygens (including phenoxy) is 1. The van der Waals surface area contributed by atoms with Crippen LogP contribution in [0.15, 0.2) is 40.9 Å². The number of aliphatic imine (C=N–C) groups is 1. The van der Waals surface area contributed by atoms with Gasteiger partial charge in [-0.15, -0.1) is 0 Å². The zero-order valence-electron chi connectivity index (χ0n) is 11.6. The van der Waals surface area contributed by atoms with Gasteiger partial charge >= 0.3 is 0 Å². The Balaban J connectivity index is 2.16. The minimum absolute atomic E-state index is 0.254. The molecule has 114 valence electrons. The van der Waals surface area contributed by atoms with Gasteiger partial charge in [-0.05, 0) is 35.4 Å². The summed E-state index contributed by atoms with van der Waals surface area (Å²) in [6.45, 7) is -0.389. The topological polar surface area (TPSA) is 103 Å². The van der Waals surface area contributed by atoms with Crippen molar-refractivity contribution >= 4 is 6.21 Å². The summed E-state index contributed by atoms with van der Waals surface area (Å²) in [5.41, 5.74) is 1.06. The first-order valence-electron chi connectivity index (χ1n) is 6.59. The van der Waals surface area contributed by atoms with Crippen molar-refractivity contribution in [3.05, 3.63) is 41.5 Å². The molecular weight excluding hydrogens is 274 g/mol. The normalized spacial score (nSPS) is 29.5. The summed E-state index contributed by atoms with van der Waals surface area (Å²) in [4.78, 5) is 4.20. The minimum Gasteiger partial charge on any atom is -0.497 e. The van der Waals surface area contributed by atoms with E-state index in [1.165, 1.54) is 6.08 Å². The second kappa shape index (κ2) is 6.82. The number of hydrogen-bond acceptors (Lipinski definition) is 6. The molecule has 0 aliphatic heterocycles. The van der Waals surface area contributed by atoms with Gasteiger partial charge in [0.15, 0.2) is 0 Å². The quantitative estimate of drug-likeness (QED) is 0.443. The van der Waals surface area contributed by atoms with Gasteiger partial charge in [-0.25, -0.2) is 0 Å². The lowest BCUT2D eigenvalue weighted by atomic mass is 9.88. The molecule has 0 saturated heterocycles. The van der Waals surface area contributed by atoms with E-state index in [4.69, 9.17) is 9.84 Å². The Kier molecular flexibility index (Phi) is 5.08. The second-order valence-corrected chi connectivity index (χ2v) is 4.87. The Morgan fingerprint density at radius 2 is 1.81 bits per heavy atom. The van der Waals surface area contributed by atoms with Crippen LogP contribution in [0, 0.1) is 0 Å². The molecule has 4 N–H and O–H groups in total. The summed E-state index contributed by atoms with van der Waals surface area (Å²) in [6, 6.07) is 6.46. The zero-order valence-corrected chi connectivity index (χ0v) is 11.6. The Morgan fingerprint density at radius 3 is 2.38 bits per heavy atom. The monoisotopic (exact) mass is 293 g/mol. The predicted octanol–water partition coefficient (Wildman–Crippen LogP) is -0.502. The highest BCUT2D eigenvalue weighted by Gasteiger charge is 2.36. The molecule has 1 aromatic carbocycles. The van der Waals surface area contributed by atoms with Gasteiger partial charge in [0.25, 0.3) is 0 Å². The summed E-state index contributed by atoms with van der Waals surface area (Å²) >= 11 is 0. The fraction of sp³-hybridized carbons (Fsp3) is 0.400. The molecule has 0 radical (unpaired) electrons. The third-order valence-electron chi connectivity index (χ3n) is 3.48. The van der Waals surface area contributed by atoms with Crippen molar-refractivity contribution in [1.29, 1.82) is 0 Å². The van der Waals surface area contributed by atoms with E-state index in [0.29, 0.717) is 0 Å². The van der Waals surface area contributed by atoms with E-state index < -0.39 is 24.4 Å². The Bertz CT molecular complexity index is 525. The van der Waals surface area contributed by atoms with Crippen molar-refractivity contribution in [3.63, 3.8) is 0 Å². The smallest absolute Gasteiger partial charge is 0.118 e. The average Bonchev–Trinajstić information content (AvgIpc) is 2.52. The number of hydrogen-bond donors (Lipinski definition) is 4. The first-order valence-corrected chi connectivity index (χ1v) is 6.59. The molecule has 21 heavy (non-hydrogen) atoms. The molecule has 0 aromatic heterocycles. The molecule has 0 heterocycles. The first-order chi connectivity index (χ1) is 10.1. The first kappa shape index (κ1) is 15.7. The van der Waals surface area contributed by atoms with Gasteiger partial charge in [0.05, 0.1) is 19.8 Å². The molecule has 1 aromatic rings. The summed E-state index contributed by atoms with van der Waals surface area (Å²) in [7, 11) is 1.58. The molecule has 2 rings (SSSR count). The molecule has 0 spiro atoms. The van der Waals surface area contributed by atoms with E-state index in [2.05, 4.69) is 4.99 Å². The van der Waals surface area contributed by atoms with Gasteiger partial charge in [-0.1, -0.05) is 6.08 Å². The van der Waals surface area contributed by atoms with Gasteiger partial charge in [0, 0.05) is 6.21 Å². The lowest BCUT2D eigenvalue weighted by Crippen LogP contribution is -2.48. The fourth-order valence-electron chi connectivity index (χ4n) is 2.16. The van der Waals surface area contributed by atoms with Crippen molar-refractivity contribution in [2.24, 2.45) is 4.99 Å². The summed E-state index contributed by atoms with van der Waals surface area (Å²) in [5, 5.41) is 38.5. The van der Waals surface area contributed by atoms with Crippen molar-refractivity contribution in [2.75, 3.05) is 13.7 Å². The Hall–Kier alpha value is -1.73. The van der Waals surface area contributed by atoms with Crippen LogP contribution in [-0.4, -0.2) is 64.7 Å². The number of benzene rings is 1. The van der Waals surface area contributed by atoms with E-state index >= 15 is 0 Å². The van der Waals surface area contributed by atoms with E-state index in [-0.39, 0.29) is 12.2 Å². The molecule has 6 heteroatoms. The highest BCUT2D eigenvalue weighted by molar-refractivity contribution is 5.80. The van der Waals surface area contributed by atoms with Gasteiger partial charge in [-0.2, -0.15) is 0 Å². The molecule has 1 aliphatic rings. The molecule has 0 bridgehead atoms. The largest absolute Gasteiger partial charge is 0.497 e. The third-order valence-corrected chi connectivity index (χ3v) is 3.48. The molecular formula is C15H19NO5. The maximum Gasteiger partial charge on any atom is 0.118 e. The van der Waals surface area contributed by atoms with Crippen molar-refractivity contribution in [3.8, 4) is 5.75 Å². The van der Waals surface area contributed by atoms with Crippen molar-refractivity contribution in [1.82, 2.24) is 0 Å². The maximum atomic E-state index is 9.91. The zero-order chi connectivity index (χ0) is 15.4.